The van der Waals surface area contributed by atoms with Crippen LogP contribution in [-0.4, -0.2) is 37.5 Å². The minimum Gasteiger partial charge on any atom is -0.549 e. The van der Waals surface area contributed by atoms with Crippen molar-refractivity contribution in [1.29, 1.82) is 0 Å². The summed E-state index contributed by atoms with van der Waals surface area (Å²) in [5.41, 5.74) is 13.5. The zero-order valence-corrected chi connectivity index (χ0v) is 9.65. The summed E-state index contributed by atoms with van der Waals surface area (Å²) >= 11 is 0. The molecule has 0 aliphatic carbocycles. The van der Waals surface area contributed by atoms with Crippen LogP contribution in [0.1, 0.15) is 0 Å². The van der Waals surface area contributed by atoms with E-state index in [9.17, 15) is 0 Å². The topological polar surface area (TPSA) is 198 Å². The Morgan fingerprint density at radius 2 is 0.750 bits per heavy atom. The van der Waals surface area contributed by atoms with E-state index in [0.29, 0.717) is 0 Å². The van der Waals surface area contributed by atoms with Gasteiger partial charge in [0.05, 0.1) is 17.9 Å². The molecule has 0 aliphatic rings. The monoisotopic (exact) mass is 273 g/mol. The fraction of sp³-hybridized carbons (Fsp3) is 0.500. The number of aliphatic carboxylic acids is 3. The predicted octanol–water partition coefficient (Wildman–Crippen LogP) is -6.92. The van der Waals surface area contributed by atoms with Gasteiger partial charge >= 0.3 is 0 Å². The van der Waals surface area contributed by atoms with Gasteiger partial charge in [-0.25, -0.2) is 0 Å². The van der Waals surface area contributed by atoms with Crippen LogP contribution in [0.4, 0.5) is 0 Å². The number of nitrogens with two attached hydrogens (primary N) is 3. The molecule has 0 saturated carbocycles. The summed E-state index contributed by atoms with van der Waals surface area (Å²) < 4.78 is 0. The van der Waals surface area contributed by atoms with Crippen molar-refractivity contribution in [2.24, 2.45) is 17.2 Å². The predicted molar refractivity (Wildman–Crippen MR) is 42.2 cm³/mol. The van der Waals surface area contributed by atoms with Gasteiger partial charge in [0, 0.05) is 38.2 Å². The van der Waals surface area contributed by atoms with Crippen LogP contribution in [0.5, 0.6) is 0 Å². The van der Waals surface area contributed by atoms with E-state index in [1.54, 1.807) is 0 Å². The molecule has 95 valence electrons. The maximum Gasteiger partial charge on any atom is 0.0550 e. The molecule has 0 atom stereocenters. The largest absolute Gasteiger partial charge is 0.549 e. The Hall–Kier alpha value is -1.13. The summed E-state index contributed by atoms with van der Waals surface area (Å²) in [6.45, 7) is -1.17. The van der Waals surface area contributed by atoms with Crippen LogP contribution >= 0.6 is 0 Å². The molecular weight excluding hydrogens is 261 g/mol. The minimum atomic E-state index is -1.22. The summed E-state index contributed by atoms with van der Waals surface area (Å²) in [5, 5.41) is 27.4. The van der Waals surface area contributed by atoms with Crippen molar-refractivity contribution in [3.05, 3.63) is 0 Å². The summed E-state index contributed by atoms with van der Waals surface area (Å²) in [4.78, 5) is 27.4. The number of carbonyl (C=O) groups excluding carboxylic acids is 3. The Bertz CT molecular complexity index is 167. The molecule has 0 unspecified atom stereocenters. The summed E-state index contributed by atoms with van der Waals surface area (Å²) in [7, 11) is 0. The average Bonchev–Trinajstić information content (AvgIpc) is 2.19. The van der Waals surface area contributed by atoms with Crippen LogP contribution in [0.25, 0.3) is 0 Å². The molecule has 10 heteroatoms. The number of carbonyl (C=O) groups is 3. The Morgan fingerprint density at radius 1 is 0.688 bits per heavy atom. The molecular formula is C6H12N3O6V-3. The van der Waals surface area contributed by atoms with E-state index in [-0.39, 0.29) is 38.2 Å². The van der Waals surface area contributed by atoms with Crippen molar-refractivity contribution < 1.29 is 48.3 Å². The number of hydrogen-bond acceptors (Lipinski definition) is 9. The van der Waals surface area contributed by atoms with Gasteiger partial charge in [0.1, 0.15) is 0 Å². The second kappa shape index (κ2) is 19.4. The first-order chi connectivity index (χ1) is 6.81. The number of hydrogen-bond donors (Lipinski definition) is 3. The van der Waals surface area contributed by atoms with Crippen LogP contribution in [-0.2, 0) is 32.9 Å². The van der Waals surface area contributed by atoms with Crippen LogP contribution in [0.15, 0.2) is 0 Å². The van der Waals surface area contributed by atoms with E-state index in [4.69, 9.17) is 29.7 Å². The molecule has 0 fully saturated rings. The second-order valence-corrected chi connectivity index (χ2v) is 1.73. The van der Waals surface area contributed by atoms with Crippen molar-refractivity contribution >= 4 is 17.9 Å². The molecule has 0 bridgehead atoms. The zero-order chi connectivity index (χ0) is 12.9. The molecule has 0 amide bonds. The number of carboxylic acids is 3. The minimum absolute atomic E-state index is 0. The van der Waals surface area contributed by atoms with Crippen molar-refractivity contribution in [3.63, 3.8) is 0 Å². The van der Waals surface area contributed by atoms with Gasteiger partial charge in [-0.2, -0.15) is 0 Å². The molecule has 0 rings (SSSR count). The fourth-order valence-electron chi connectivity index (χ4n) is 0. The standard InChI is InChI=1S/3C2H5NO2.V/c3*3-1-2(4)5;/h3*1,3H2,(H,4,5);/p-3. The van der Waals surface area contributed by atoms with E-state index in [1.807, 2.05) is 0 Å². The molecule has 0 aliphatic heterocycles. The summed E-state index contributed by atoms with van der Waals surface area (Å²) in [5.74, 6) is -3.65. The first-order valence-electron chi connectivity index (χ1n) is 3.51. The normalized spacial score (nSPS) is 6.94. The van der Waals surface area contributed by atoms with E-state index >= 15 is 0 Å². The molecule has 0 spiro atoms. The van der Waals surface area contributed by atoms with Crippen molar-refractivity contribution in [2.75, 3.05) is 19.6 Å². The van der Waals surface area contributed by atoms with Crippen molar-refractivity contribution in [1.82, 2.24) is 0 Å². The quantitative estimate of drug-likeness (QED) is 0.446. The third-order valence-corrected chi connectivity index (χ3v) is 0.500. The maximum atomic E-state index is 9.13. The Morgan fingerprint density at radius 3 is 0.750 bits per heavy atom. The van der Waals surface area contributed by atoms with Crippen LogP contribution in [0, 0.1) is 0 Å². The number of rotatable bonds is 3. The molecule has 9 nitrogen and oxygen atoms in total. The third-order valence-electron chi connectivity index (χ3n) is 0.500. The number of carboxylic acid groups (broad SMARTS) is 3. The maximum absolute atomic E-state index is 9.13. The van der Waals surface area contributed by atoms with Crippen molar-refractivity contribution in [3.8, 4) is 0 Å². The molecule has 0 saturated heterocycles. The van der Waals surface area contributed by atoms with E-state index in [0.717, 1.165) is 0 Å². The second-order valence-electron chi connectivity index (χ2n) is 1.73. The summed E-state index contributed by atoms with van der Waals surface area (Å²) in [6, 6.07) is 0. The van der Waals surface area contributed by atoms with Gasteiger partial charge in [0.25, 0.3) is 0 Å². The van der Waals surface area contributed by atoms with Gasteiger partial charge in [-0.3, -0.25) is 0 Å². The van der Waals surface area contributed by atoms with Gasteiger partial charge in [0.15, 0.2) is 0 Å². The van der Waals surface area contributed by atoms with Gasteiger partial charge in [-0.1, -0.05) is 0 Å². The van der Waals surface area contributed by atoms with Gasteiger partial charge in [0.2, 0.25) is 0 Å². The SMILES string of the molecule is NCC(=O)[O-].NCC(=O)[O-].NCC(=O)[O-].[V]. The molecule has 0 heterocycles. The van der Waals surface area contributed by atoms with Crippen LogP contribution in [0.3, 0.4) is 0 Å². The first-order valence-corrected chi connectivity index (χ1v) is 3.51. The molecule has 16 heavy (non-hydrogen) atoms. The Kier molecular flexibility index (Phi) is 29.4. The molecule has 1 radical (unpaired) electrons. The first kappa shape index (κ1) is 24.2. The van der Waals surface area contributed by atoms with E-state index in [1.165, 1.54) is 0 Å². The zero-order valence-electron chi connectivity index (χ0n) is 8.25. The average molecular weight is 273 g/mol. The fourth-order valence-corrected chi connectivity index (χ4v) is 0. The Balaban J connectivity index is -0.0000000655. The third kappa shape index (κ3) is 76.4. The molecule has 0 aromatic rings. The van der Waals surface area contributed by atoms with Gasteiger partial charge < -0.3 is 46.9 Å². The van der Waals surface area contributed by atoms with Gasteiger partial charge in [-0.05, 0) is 0 Å². The van der Waals surface area contributed by atoms with E-state index in [2.05, 4.69) is 17.2 Å². The Labute approximate surface area is 103 Å². The van der Waals surface area contributed by atoms with Crippen molar-refractivity contribution in [2.45, 2.75) is 0 Å². The van der Waals surface area contributed by atoms with E-state index < -0.39 is 17.9 Å². The van der Waals surface area contributed by atoms with Gasteiger partial charge in [-0.15, -0.1) is 0 Å². The molecule has 6 N–H and O–H groups in total. The smallest absolute Gasteiger partial charge is 0.0550 e. The summed E-state index contributed by atoms with van der Waals surface area (Å²) in [6.07, 6.45) is 0. The van der Waals surface area contributed by atoms with Crippen LogP contribution < -0.4 is 32.5 Å². The molecule has 0 aromatic heterocycles. The molecule has 0 aromatic carbocycles. The van der Waals surface area contributed by atoms with Crippen LogP contribution in [0.2, 0.25) is 0 Å².